The summed E-state index contributed by atoms with van der Waals surface area (Å²) in [6.45, 7) is 2.98. The van der Waals surface area contributed by atoms with Gasteiger partial charge in [0.15, 0.2) is 0 Å². The Morgan fingerprint density at radius 2 is 0.804 bits per heavy atom. The molecule has 0 unspecified atom stereocenters. The zero-order valence-electron chi connectivity index (χ0n) is 29.8. The monoisotopic (exact) mass is 840 g/mol. The normalized spacial score (nSPS) is 17.5. The van der Waals surface area contributed by atoms with Crippen molar-refractivity contribution in [1.29, 1.82) is 0 Å². The number of aryl methyl sites for hydroxylation is 2. The molecule has 1 saturated carbocycles. The molecule has 0 amide bonds. The molecule has 0 aromatic heterocycles. The van der Waals surface area contributed by atoms with Crippen molar-refractivity contribution in [2.75, 3.05) is 0 Å². The highest BCUT2D eigenvalue weighted by Gasteiger charge is 2.43. The second-order valence-corrected chi connectivity index (χ2v) is 16.2. The first-order valence-corrected chi connectivity index (χ1v) is 19.5. The Balaban J connectivity index is 1.47. The van der Waals surface area contributed by atoms with E-state index in [-0.39, 0.29) is 33.1 Å². The Bertz CT molecular complexity index is 1820. The Morgan fingerprint density at radius 1 is 0.500 bits per heavy atom. The van der Waals surface area contributed by atoms with E-state index in [1.54, 1.807) is 0 Å². The van der Waals surface area contributed by atoms with Crippen LogP contribution in [0.5, 0.6) is 11.5 Å². The Hall–Kier alpha value is -3.66. The fraction of sp³-hybridized carbons (Fsp3) is 0.400. The molecule has 0 heterocycles. The molecule has 0 radical (unpaired) electrons. The fourth-order valence-electron chi connectivity index (χ4n) is 7.13. The van der Waals surface area contributed by atoms with Crippen molar-refractivity contribution in [3.8, 4) is 33.8 Å². The maximum absolute atomic E-state index is 14.1. The summed E-state index contributed by atoms with van der Waals surface area (Å²) in [5, 5.41) is 22.2. The number of phenolic OH excluding ortho intramolecular Hbond substituents is 2. The number of aromatic hydroxyl groups is 2. The highest BCUT2D eigenvalue weighted by atomic mass is 32.2. The van der Waals surface area contributed by atoms with E-state index in [2.05, 4.69) is 0 Å². The van der Waals surface area contributed by atoms with E-state index in [0.29, 0.717) is 60.4 Å². The predicted octanol–water partition coefficient (Wildman–Crippen LogP) is 14.4. The van der Waals surface area contributed by atoms with E-state index in [1.165, 1.54) is 49.5 Å². The zero-order chi connectivity index (χ0) is 41.4. The van der Waals surface area contributed by atoms with E-state index < -0.39 is 80.7 Å². The Kier molecular flexibility index (Phi) is 12.9. The van der Waals surface area contributed by atoms with E-state index in [0.717, 1.165) is 37.8 Å². The molecule has 4 aromatic carbocycles. The zero-order valence-corrected chi connectivity index (χ0v) is 31.5. The van der Waals surface area contributed by atoms with Gasteiger partial charge in [-0.25, -0.2) is 0 Å². The molecule has 2 N–H and O–H groups in total. The summed E-state index contributed by atoms with van der Waals surface area (Å²) in [4.78, 5) is 0. The van der Waals surface area contributed by atoms with Gasteiger partial charge in [0.2, 0.25) is 0 Å². The van der Waals surface area contributed by atoms with Gasteiger partial charge in [-0.15, -0.1) is 0 Å². The van der Waals surface area contributed by atoms with Crippen molar-refractivity contribution < 1.29 is 62.9 Å². The fourth-order valence-corrected chi connectivity index (χ4v) is 10.2. The first kappa shape index (κ1) is 43.5. The van der Waals surface area contributed by atoms with Crippen LogP contribution < -0.4 is 0 Å². The third kappa shape index (κ3) is 9.89. The molecule has 2 atom stereocenters. The smallest absolute Gasteiger partial charge is 0.417 e. The highest BCUT2D eigenvalue weighted by Crippen LogP contribution is 2.51. The molecule has 5 rings (SSSR count). The third-order valence-electron chi connectivity index (χ3n) is 9.60. The summed E-state index contributed by atoms with van der Waals surface area (Å²) < 4.78 is 169. The minimum Gasteiger partial charge on any atom is -0.507 e. The van der Waals surface area contributed by atoms with Crippen LogP contribution in [0.15, 0.2) is 60.7 Å². The number of hydrogen-bond donors (Lipinski definition) is 2. The lowest BCUT2D eigenvalue weighted by Gasteiger charge is -2.29. The van der Waals surface area contributed by atoms with Gasteiger partial charge in [0.05, 0.1) is 22.3 Å². The minimum atomic E-state index is -5.17. The minimum absolute atomic E-state index is 0.00602. The molecule has 0 bridgehead atoms. The lowest BCUT2D eigenvalue weighted by atomic mass is 9.90. The summed E-state index contributed by atoms with van der Waals surface area (Å²) in [6.07, 6.45) is -16.1. The number of hydrogen-bond acceptors (Lipinski definition) is 4. The van der Waals surface area contributed by atoms with Gasteiger partial charge in [-0.1, -0.05) is 49.9 Å². The predicted molar refractivity (Wildman–Crippen MR) is 194 cm³/mol. The summed E-state index contributed by atoms with van der Waals surface area (Å²) >= 11 is 2.68. The SMILES string of the molecule is Cc1cc(CS[C@H]2CCCCCC[C@@H]2SCc2cc(C)cc(-c3c(C(F)(F)F)cccc3C(F)(F)F)c2O)c(O)c(-c2c(C(F)(F)F)cccc2C(F)(F)F)c1. The van der Waals surface area contributed by atoms with Crippen molar-refractivity contribution in [2.24, 2.45) is 0 Å². The van der Waals surface area contributed by atoms with Crippen LogP contribution in [0.3, 0.4) is 0 Å². The summed E-state index contributed by atoms with van der Waals surface area (Å²) in [6, 6.07) is 8.53. The van der Waals surface area contributed by atoms with Gasteiger partial charge in [-0.3, -0.25) is 0 Å². The van der Waals surface area contributed by atoms with Crippen molar-refractivity contribution >= 4 is 23.5 Å². The van der Waals surface area contributed by atoms with Gasteiger partial charge in [0, 0.05) is 55.4 Å². The molecule has 304 valence electrons. The van der Waals surface area contributed by atoms with Crippen LogP contribution in [0, 0.1) is 13.8 Å². The number of halogens is 12. The van der Waals surface area contributed by atoms with Crippen LogP contribution >= 0.6 is 23.5 Å². The first-order valence-electron chi connectivity index (χ1n) is 17.4. The molecule has 16 heteroatoms. The molecule has 1 fully saturated rings. The van der Waals surface area contributed by atoms with Crippen LogP contribution in [0.25, 0.3) is 22.3 Å². The average Bonchev–Trinajstić information content (AvgIpc) is 3.07. The Labute approximate surface area is 323 Å². The van der Waals surface area contributed by atoms with E-state index >= 15 is 0 Å². The number of phenols is 2. The quantitative estimate of drug-likeness (QED) is 0.173. The summed E-state index contributed by atoms with van der Waals surface area (Å²) in [5.41, 5.74) is -8.95. The van der Waals surface area contributed by atoms with Crippen molar-refractivity contribution in [3.63, 3.8) is 0 Å². The molecular weight excluding hydrogens is 805 g/mol. The van der Waals surface area contributed by atoms with Gasteiger partial charge >= 0.3 is 24.7 Å². The number of alkyl halides is 12. The third-order valence-corrected chi connectivity index (χ3v) is 12.7. The number of benzene rings is 4. The van der Waals surface area contributed by atoms with Gasteiger partial charge in [0.25, 0.3) is 0 Å². The second-order valence-electron chi connectivity index (χ2n) is 13.8. The molecule has 1 aliphatic carbocycles. The van der Waals surface area contributed by atoms with Crippen molar-refractivity contribution in [2.45, 2.75) is 99.1 Å². The van der Waals surface area contributed by atoms with E-state index in [1.807, 2.05) is 0 Å². The van der Waals surface area contributed by atoms with Crippen LogP contribution in [-0.2, 0) is 36.2 Å². The van der Waals surface area contributed by atoms with Crippen molar-refractivity contribution in [1.82, 2.24) is 0 Å². The van der Waals surface area contributed by atoms with Crippen LogP contribution in [0.2, 0.25) is 0 Å². The highest BCUT2D eigenvalue weighted by molar-refractivity contribution is 8.03. The summed E-state index contributed by atoms with van der Waals surface area (Å²) in [7, 11) is 0. The van der Waals surface area contributed by atoms with Crippen molar-refractivity contribution in [3.05, 3.63) is 105 Å². The van der Waals surface area contributed by atoms with Crippen LogP contribution in [-0.4, -0.2) is 20.7 Å². The Morgan fingerprint density at radius 3 is 1.09 bits per heavy atom. The van der Waals surface area contributed by atoms with Gasteiger partial charge in [-0.05, 0) is 74.2 Å². The van der Waals surface area contributed by atoms with Gasteiger partial charge in [-0.2, -0.15) is 76.2 Å². The largest absolute Gasteiger partial charge is 0.507 e. The van der Waals surface area contributed by atoms with Crippen LogP contribution in [0.4, 0.5) is 52.7 Å². The maximum atomic E-state index is 14.1. The molecule has 0 aliphatic heterocycles. The molecule has 0 spiro atoms. The topological polar surface area (TPSA) is 40.5 Å². The molecule has 2 nitrogen and oxygen atoms in total. The second kappa shape index (κ2) is 16.7. The number of thioether (sulfide) groups is 2. The van der Waals surface area contributed by atoms with Crippen LogP contribution in [0.1, 0.15) is 83.0 Å². The molecule has 0 saturated heterocycles. The van der Waals surface area contributed by atoms with Gasteiger partial charge in [0.1, 0.15) is 11.5 Å². The average molecular weight is 841 g/mol. The molecular formula is C40H36F12O2S2. The molecule has 1 aliphatic rings. The lowest BCUT2D eigenvalue weighted by molar-refractivity contribution is -0.143. The maximum Gasteiger partial charge on any atom is 0.417 e. The summed E-state index contributed by atoms with van der Waals surface area (Å²) in [5.74, 6) is -1.44. The van der Waals surface area contributed by atoms with Gasteiger partial charge < -0.3 is 10.2 Å². The standard InChI is InChI=1S/C40H36F12O2S2/c1-21-15-23(35(53)25(17-21)33-27(37(41,42)43)9-7-10-28(33)38(44,45)46)19-55-31-13-5-3-4-6-14-32(31)56-20-24-16-22(2)18-26(36(24)54)34-29(39(47,48)49)11-8-12-30(34)40(50,51)52/h7-12,15-18,31-32,53-54H,3-6,13-14,19-20H2,1-2H3/t31-,32-/m0/s1. The lowest BCUT2D eigenvalue weighted by Crippen LogP contribution is -2.22. The van der Waals surface area contributed by atoms with E-state index in [4.69, 9.17) is 0 Å². The molecule has 56 heavy (non-hydrogen) atoms. The molecule has 4 aromatic rings. The first-order chi connectivity index (χ1) is 26.0. The van der Waals surface area contributed by atoms with E-state index in [9.17, 15) is 62.9 Å². The number of rotatable bonds is 8.